The molecular formula is C10H13F3N2O. The quantitative estimate of drug-likeness (QED) is 0.868. The van der Waals surface area contributed by atoms with Gasteiger partial charge in [-0.15, -0.1) is 0 Å². The lowest BCUT2D eigenvalue weighted by Gasteiger charge is -2.15. The summed E-state index contributed by atoms with van der Waals surface area (Å²) in [5, 5.41) is 0. The summed E-state index contributed by atoms with van der Waals surface area (Å²) in [5.41, 5.74) is 6.16. The molecule has 0 aliphatic heterocycles. The minimum absolute atomic E-state index is 0.276. The Morgan fingerprint density at radius 3 is 2.56 bits per heavy atom. The normalized spacial score (nSPS) is 13.6. The van der Waals surface area contributed by atoms with Crippen LogP contribution in [0, 0.1) is 6.92 Å². The van der Waals surface area contributed by atoms with Gasteiger partial charge >= 0.3 is 6.18 Å². The molecule has 6 heteroatoms. The van der Waals surface area contributed by atoms with Crippen LogP contribution in [0.1, 0.15) is 11.1 Å². The van der Waals surface area contributed by atoms with Crippen molar-refractivity contribution < 1.29 is 17.9 Å². The van der Waals surface area contributed by atoms with Crippen molar-refractivity contribution in [3.8, 4) is 5.88 Å². The van der Waals surface area contributed by atoms with Crippen LogP contribution in [0.4, 0.5) is 13.2 Å². The molecule has 0 aromatic carbocycles. The standard InChI is InChI=1S/C10H13F3N2O/c1-6-3-7(5-15-9(6)16-2)4-8(14)10(11,12)13/h3,5,8H,4,14H2,1-2H3. The Kier molecular flexibility index (Phi) is 3.74. The summed E-state index contributed by atoms with van der Waals surface area (Å²) in [6.45, 7) is 1.72. The number of nitrogens with two attached hydrogens (primary N) is 1. The van der Waals surface area contributed by atoms with E-state index in [2.05, 4.69) is 4.98 Å². The van der Waals surface area contributed by atoms with E-state index in [9.17, 15) is 13.2 Å². The lowest BCUT2D eigenvalue weighted by Crippen LogP contribution is -2.39. The first kappa shape index (κ1) is 12.8. The highest BCUT2D eigenvalue weighted by atomic mass is 19.4. The Labute approximate surface area is 91.4 Å². The Hall–Kier alpha value is -1.30. The Morgan fingerprint density at radius 1 is 1.50 bits per heavy atom. The summed E-state index contributed by atoms with van der Waals surface area (Å²) < 4.78 is 41.5. The van der Waals surface area contributed by atoms with E-state index in [1.807, 2.05) is 0 Å². The van der Waals surface area contributed by atoms with Crippen molar-refractivity contribution in [1.29, 1.82) is 0 Å². The second-order valence-electron chi connectivity index (χ2n) is 3.52. The molecule has 1 unspecified atom stereocenters. The first-order chi connectivity index (χ1) is 7.34. The Bertz CT molecular complexity index is 366. The summed E-state index contributed by atoms with van der Waals surface area (Å²) in [7, 11) is 1.45. The lowest BCUT2D eigenvalue weighted by atomic mass is 10.1. The molecule has 1 rings (SSSR count). The van der Waals surface area contributed by atoms with Crippen molar-refractivity contribution in [2.75, 3.05) is 7.11 Å². The zero-order chi connectivity index (χ0) is 12.3. The molecule has 1 aromatic rings. The Balaban J connectivity index is 2.79. The van der Waals surface area contributed by atoms with E-state index >= 15 is 0 Å². The van der Waals surface area contributed by atoms with Crippen molar-refractivity contribution in [3.05, 3.63) is 23.4 Å². The number of hydrogen-bond acceptors (Lipinski definition) is 3. The fourth-order valence-corrected chi connectivity index (χ4v) is 1.32. The number of hydrogen-bond donors (Lipinski definition) is 1. The average molecular weight is 234 g/mol. The summed E-state index contributed by atoms with van der Waals surface area (Å²) >= 11 is 0. The number of rotatable bonds is 3. The number of alkyl halides is 3. The third kappa shape index (κ3) is 3.10. The summed E-state index contributed by atoms with van der Waals surface area (Å²) in [4.78, 5) is 3.89. The molecule has 0 amide bonds. The van der Waals surface area contributed by atoms with Crippen LogP contribution in [0.5, 0.6) is 5.88 Å². The largest absolute Gasteiger partial charge is 0.481 e. The van der Waals surface area contributed by atoms with Crippen LogP contribution in [-0.2, 0) is 6.42 Å². The number of aryl methyl sites for hydroxylation is 1. The summed E-state index contributed by atoms with van der Waals surface area (Å²) in [6, 6.07) is -0.264. The topological polar surface area (TPSA) is 48.1 Å². The number of nitrogens with zero attached hydrogens (tertiary/aromatic N) is 1. The Morgan fingerprint density at radius 2 is 2.12 bits per heavy atom. The van der Waals surface area contributed by atoms with Crippen LogP contribution < -0.4 is 10.5 Å². The van der Waals surface area contributed by atoms with E-state index in [1.165, 1.54) is 13.3 Å². The van der Waals surface area contributed by atoms with Crippen LogP contribution in [0.2, 0.25) is 0 Å². The summed E-state index contributed by atoms with van der Waals surface area (Å²) in [6.07, 6.45) is -3.31. The van der Waals surface area contributed by atoms with Gasteiger partial charge in [0.25, 0.3) is 0 Å². The highest BCUT2D eigenvalue weighted by molar-refractivity contribution is 5.29. The molecule has 1 heterocycles. The first-order valence-corrected chi connectivity index (χ1v) is 4.66. The van der Waals surface area contributed by atoms with E-state index in [-0.39, 0.29) is 6.42 Å². The van der Waals surface area contributed by atoms with E-state index in [4.69, 9.17) is 10.5 Å². The fraction of sp³-hybridized carbons (Fsp3) is 0.500. The van der Waals surface area contributed by atoms with E-state index in [0.717, 1.165) is 0 Å². The average Bonchev–Trinajstić information content (AvgIpc) is 2.16. The lowest BCUT2D eigenvalue weighted by molar-refractivity contribution is -0.147. The minimum Gasteiger partial charge on any atom is -0.481 e. The molecule has 0 radical (unpaired) electrons. The van der Waals surface area contributed by atoms with Gasteiger partial charge in [0.05, 0.1) is 7.11 Å². The van der Waals surface area contributed by atoms with Gasteiger partial charge in [0.1, 0.15) is 6.04 Å². The molecule has 1 atom stereocenters. The highest BCUT2D eigenvalue weighted by Crippen LogP contribution is 2.22. The van der Waals surface area contributed by atoms with Gasteiger partial charge in [0, 0.05) is 11.8 Å². The third-order valence-corrected chi connectivity index (χ3v) is 2.16. The molecule has 0 bridgehead atoms. The molecule has 0 saturated carbocycles. The number of ether oxygens (including phenoxy) is 1. The second kappa shape index (κ2) is 4.69. The maximum Gasteiger partial charge on any atom is 0.403 e. The molecule has 0 aliphatic rings. The molecule has 16 heavy (non-hydrogen) atoms. The molecule has 0 saturated heterocycles. The maximum atomic E-state index is 12.2. The van der Waals surface area contributed by atoms with Gasteiger partial charge in [-0.3, -0.25) is 0 Å². The van der Waals surface area contributed by atoms with Gasteiger partial charge < -0.3 is 10.5 Å². The van der Waals surface area contributed by atoms with Crippen LogP contribution >= 0.6 is 0 Å². The zero-order valence-electron chi connectivity index (χ0n) is 9.01. The van der Waals surface area contributed by atoms with Gasteiger partial charge in [-0.25, -0.2) is 4.98 Å². The van der Waals surface area contributed by atoms with Crippen molar-refractivity contribution in [2.24, 2.45) is 5.73 Å². The van der Waals surface area contributed by atoms with Crippen LogP contribution in [-0.4, -0.2) is 24.3 Å². The van der Waals surface area contributed by atoms with Gasteiger partial charge in [-0.1, -0.05) is 0 Å². The van der Waals surface area contributed by atoms with E-state index in [1.54, 1.807) is 13.0 Å². The van der Waals surface area contributed by atoms with Gasteiger partial charge in [-0.2, -0.15) is 13.2 Å². The molecular weight excluding hydrogens is 221 g/mol. The molecule has 3 nitrogen and oxygen atoms in total. The predicted molar refractivity (Wildman–Crippen MR) is 53.3 cm³/mol. The zero-order valence-corrected chi connectivity index (χ0v) is 9.01. The molecule has 0 fully saturated rings. The van der Waals surface area contributed by atoms with Gasteiger partial charge in [-0.05, 0) is 25.0 Å². The number of aromatic nitrogens is 1. The molecule has 0 spiro atoms. The SMILES string of the molecule is COc1ncc(CC(N)C(F)(F)F)cc1C. The summed E-state index contributed by atoms with van der Waals surface area (Å²) in [5.74, 6) is 0.407. The van der Waals surface area contributed by atoms with Crippen LogP contribution in [0.25, 0.3) is 0 Å². The molecule has 0 aliphatic carbocycles. The minimum atomic E-state index is -4.38. The van der Waals surface area contributed by atoms with E-state index in [0.29, 0.717) is 17.0 Å². The number of pyridine rings is 1. The maximum absolute atomic E-state index is 12.2. The first-order valence-electron chi connectivity index (χ1n) is 4.66. The fourth-order valence-electron chi connectivity index (χ4n) is 1.32. The third-order valence-electron chi connectivity index (χ3n) is 2.16. The highest BCUT2D eigenvalue weighted by Gasteiger charge is 2.36. The van der Waals surface area contributed by atoms with Gasteiger partial charge in [0.2, 0.25) is 5.88 Å². The van der Waals surface area contributed by atoms with Crippen LogP contribution in [0.3, 0.4) is 0 Å². The monoisotopic (exact) mass is 234 g/mol. The van der Waals surface area contributed by atoms with Crippen molar-refractivity contribution in [2.45, 2.75) is 25.6 Å². The second-order valence-corrected chi connectivity index (χ2v) is 3.52. The van der Waals surface area contributed by atoms with Crippen LogP contribution in [0.15, 0.2) is 12.3 Å². The van der Waals surface area contributed by atoms with E-state index < -0.39 is 12.2 Å². The van der Waals surface area contributed by atoms with Crippen molar-refractivity contribution in [3.63, 3.8) is 0 Å². The predicted octanol–water partition coefficient (Wildman–Crippen LogP) is 1.83. The molecule has 90 valence electrons. The molecule has 1 aromatic heterocycles. The number of methoxy groups -OCH3 is 1. The molecule has 2 N–H and O–H groups in total. The van der Waals surface area contributed by atoms with Gasteiger partial charge in [0.15, 0.2) is 0 Å². The van der Waals surface area contributed by atoms with Crippen molar-refractivity contribution in [1.82, 2.24) is 4.98 Å². The number of halogens is 3. The smallest absolute Gasteiger partial charge is 0.403 e. The van der Waals surface area contributed by atoms with Crippen molar-refractivity contribution >= 4 is 0 Å².